The van der Waals surface area contributed by atoms with Gasteiger partial charge < -0.3 is 15.1 Å². The van der Waals surface area contributed by atoms with Crippen molar-refractivity contribution in [3.63, 3.8) is 0 Å². The zero-order valence-electron chi connectivity index (χ0n) is 15.0. The van der Waals surface area contributed by atoms with Gasteiger partial charge in [-0.1, -0.05) is 18.2 Å². The molecular formula is C19H26N4O3. The average molecular weight is 358 g/mol. The maximum absolute atomic E-state index is 12.4. The van der Waals surface area contributed by atoms with E-state index in [4.69, 9.17) is 0 Å². The normalized spacial score (nSPS) is 18.0. The molecule has 0 saturated carbocycles. The highest BCUT2D eigenvalue weighted by atomic mass is 16.2. The number of carbonyl (C=O) groups is 3. The van der Waals surface area contributed by atoms with E-state index < -0.39 is 0 Å². The van der Waals surface area contributed by atoms with Gasteiger partial charge in [-0.3, -0.25) is 19.3 Å². The van der Waals surface area contributed by atoms with Crippen molar-refractivity contribution >= 4 is 17.7 Å². The summed E-state index contributed by atoms with van der Waals surface area (Å²) in [5.74, 6) is -0.111. The van der Waals surface area contributed by atoms with Crippen molar-refractivity contribution in [3.05, 3.63) is 35.9 Å². The summed E-state index contributed by atoms with van der Waals surface area (Å²) in [5, 5.41) is 2.71. The Morgan fingerprint density at radius 1 is 0.846 bits per heavy atom. The van der Waals surface area contributed by atoms with Crippen LogP contribution in [0.2, 0.25) is 0 Å². The molecule has 0 aromatic heterocycles. The van der Waals surface area contributed by atoms with E-state index in [1.807, 2.05) is 40.1 Å². The Balaban J connectivity index is 1.37. The Hall–Kier alpha value is -2.41. The summed E-state index contributed by atoms with van der Waals surface area (Å²) >= 11 is 0. The molecule has 26 heavy (non-hydrogen) atoms. The zero-order chi connectivity index (χ0) is 18.4. The van der Waals surface area contributed by atoms with Crippen LogP contribution in [0.1, 0.15) is 23.2 Å². The third kappa shape index (κ3) is 4.82. The van der Waals surface area contributed by atoms with Crippen LogP contribution in [0.25, 0.3) is 0 Å². The van der Waals surface area contributed by atoms with Crippen molar-refractivity contribution in [2.24, 2.45) is 0 Å². The van der Waals surface area contributed by atoms with Crippen LogP contribution in [0.3, 0.4) is 0 Å². The van der Waals surface area contributed by atoms with Gasteiger partial charge in [-0.25, -0.2) is 0 Å². The maximum atomic E-state index is 12.4. The number of hydrogen-bond donors (Lipinski definition) is 1. The fraction of sp³-hybridized carbons (Fsp3) is 0.526. The number of nitrogens with one attached hydrogen (secondary N) is 1. The van der Waals surface area contributed by atoms with Crippen LogP contribution < -0.4 is 5.32 Å². The third-order valence-electron chi connectivity index (χ3n) is 4.94. The van der Waals surface area contributed by atoms with Crippen molar-refractivity contribution in [1.82, 2.24) is 20.0 Å². The number of carbonyl (C=O) groups excluding carboxylic acids is 3. The first-order chi connectivity index (χ1) is 12.6. The van der Waals surface area contributed by atoms with Crippen LogP contribution in [0, 0.1) is 0 Å². The molecular weight excluding hydrogens is 332 g/mol. The van der Waals surface area contributed by atoms with E-state index in [1.165, 1.54) is 0 Å². The standard InChI is InChI=1S/C19H26N4O3/c24-17(20-14-18(25)22-8-4-5-9-22)15-21-10-12-23(13-11-21)19(26)16-6-2-1-3-7-16/h1-3,6-7H,4-5,8-15H2,(H,20,24). The first kappa shape index (κ1) is 18.4. The van der Waals surface area contributed by atoms with Gasteiger partial charge in [0.15, 0.2) is 0 Å². The molecule has 7 heteroatoms. The summed E-state index contributed by atoms with van der Waals surface area (Å²) < 4.78 is 0. The molecule has 1 N–H and O–H groups in total. The Morgan fingerprint density at radius 3 is 2.15 bits per heavy atom. The predicted molar refractivity (Wildman–Crippen MR) is 97.6 cm³/mol. The Kier molecular flexibility index (Phi) is 6.22. The molecule has 0 radical (unpaired) electrons. The van der Waals surface area contributed by atoms with Crippen LogP contribution >= 0.6 is 0 Å². The number of hydrogen-bond acceptors (Lipinski definition) is 4. The number of nitrogens with zero attached hydrogens (tertiary/aromatic N) is 3. The second-order valence-electron chi connectivity index (χ2n) is 6.80. The highest BCUT2D eigenvalue weighted by Gasteiger charge is 2.24. The van der Waals surface area contributed by atoms with Crippen LogP contribution in [0.15, 0.2) is 30.3 Å². The van der Waals surface area contributed by atoms with E-state index in [0.717, 1.165) is 25.9 Å². The first-order valence-electron chi connectivity index (χ1n) is 9.24. The minimum Gasteiger partial charge on any atom is -0.346 e. The Bertz CT molecular complexity index is 635. The SMILES string of the molecule is O=C(CN1CCN(C(=O)c2ccccc2)CC1)NCC(=O)N1CCCC1. The van der Waals surface area contributed by atoms with Gasteiger partial charge in [0.25, 0.3) is 5.91 Å². The number of rotatable bonds is 5. The quantitative estimate of drug-likeness (QED) is 0.815. The van der Waals surface area contributed by atoms with E-state index in [1.54, 1.807) is 4.90 Å². The van der Waals surface area contributed by atoms with Gasteiger partial charge in [-0.2, -0.15) is 0 Å². The molecule has 0 bridgehead atoms. The number of piperazine rings is 1. The van der Waals surface area contributed by atoms with Crippen LogP contribution in [-0.2, 0) is 9.59 Å². The monoisotopic (exact) mass is 358 g/mol. The van der Waals surface area contributed by atoms with Crippen molar-refractivity contribution in [2.75, 3.05) is 52.4 Å². The van der Waals surface area contributed by atoms with Gasteiger partial charge in [-0.05, 0) is 25.0 Å². The van der Waals surface area contributed by atoms with E-state index in [9.17, 15) is 14.4 Å². The summed E-state index contributed by atoms with van der Waals surface area (Å²) in [6.07, 6.45) is 2.09. The molecule has 1 aromatic rings. The lowest BCUT2D eigenvalue weighted by atomic mass is 10.2. The van der Waals surface area contributed by atoms with Gasteiger partial charge >= 0.3 is 0 Å². The van der Waals surface area contributed by atoms with Crippen molar-refractivity contribution in [2.45, 2.75) is 12.8 Å². The molecule has 1 aromatic carbocycles. The molecule has 0 atom stereocenters. The highest BCUT2D eigenvalue weighted by molar-refractivity contribution is 5.94. The number of benzene rings is 1. The van der Waals surface area contributed by atoms with Gasteiger partial charge in [0.05, 0.1) is 13.1 Å². The molecule has 3 rings (SSSR count). The molecule has 2 aliphatic heterocycles. The molecule has 140 valence electrons. The molecule has 2 fully saturated rings. The minimum atomic E-state index is -0.139. The topological polar surface area (TPSA) is 73.0 Å². The largest absolute Gasteiger partial charge is 0.346 e. The predicted octanol–water partition coefficient (Wildman–Crippen LogP) is 0.183. The van der Waals surface area contributed by atoms with Gasteiger partial charge in [0.2, 0.25) is 11.8 Å². The van der Waals surface area contributed by atoms with Gasteiger partial charge in [-0.15, -0.1) is 0 Å². The second-order valence-corrected chi connectivity index (χ2v) is 6.80. The fourth-order valence-corrected chi connectivity index (χ4v) is 3.38. The number of likely N-dealkylation sites (tertiary alicyclic amines) is 1. The summed E-state index contributed by atoms with van der Waals surface area (Å²) in [4.78, 5) is 42.1. The van der Waals surface area contributed by atoms with Crippen LogP contribution in [0.4, 0.5) is 0 Å². The lowest BCUT2D eigenvalue weighted by Gasteiger charge is -2.34. The zero-order valence-corrected chi connectivity index (χ0v) is 15.0. The lowest BCUT2D eigenvalue weighted by Crippen LogP contribution is -2.51. The summed E-state index contributed by atoms with van der Waals surface area (Å²) in [7, 11) is 0. The summed E-state index contributed by atoms with van der Waals surface area (Å²) in [5.41, 5.74) is 0.694. The molecule has 2 saturated heterocycles. The van der Waals surface area contributed by atoms with Crippen LogP contribution in [0.5, 0.6) is 0 Å². The Morgan fingerprint density at radius 2 is 1.50 bits per heavy atom. The molecule has 2 heterocycles. The third-order valence-corrected chi connectivity index (χ3v) is 4.94. The Labute approximate surface area is 153 Å². The smallest absolute Gasteiger partial charge is 0.253 e. The van der Waals surface area contributed by atoms with E-state index in [2.05, 4.69) is 5.32 Å². The molecule has 7 nitrogen and oxygen atoms in total. The van der Waals surface area contributed by atoms with Crippen molar-refractivity contribution in [1.29, 1.82) is 0 Å². The van der Waals surface area contributed by atoms with Crippen molar-refractivity contribution in [3.8, 4) is 0 Å². The molecule has 0 unspecified atom stereocenters. The van der Waals surface area contributed by atoms with Gasteiger partial charge in [0, 0.05) is 44.8 Å². The maximum Gasteiger partial charge on any atom is 0.253 e. The molecule has 2 aliphatic rings. The molecule has 0 spiro atoms. The number of amides is 3. The molecule has 0 aliphatic carbocycles. The van der Waals surface area contributed by atoms with Gasteiger partial charge in [0.1, 0.15) is 0 Å². The fourth-order valence-electron chi connectivity index (χ4n) is 3.38. The molecule has 3 amide bonds. The summed E-state index contributed by atoms with van der Waals surface area (Å²) in [6.45, 7) is 4.46. The van der Waals surface area contributed by atoms with E-state index in [0.29, 0.717) is 31.7 Å². The van der Waals surface area contributed by atoms with Crippen LogP contribution in [-0.4, -0.2) is 84.8 Å². The second kappa shape index (κ2) is 8.80. The lowest BCUT2D eigenvalue weighted by molar-refractivity contribution is -0.132. The highest BCUT2D eigenvalue weighted by Crippen LogP contribution is 2.09. The first-order valence-corrected chi connectivity index (χ1v) is 9.24. The minimum absolute atomic E-state index is 0.00544. The van der Waals surface area contributed by atoms with E-state index in [-0.39, 0.29) is 30.8 Å². The summed E-state index contributed by atoms with van der Waals surface area (Å²) in [6, 6.07) is 9.25. The average Bonchev–Trinajstić information content (AvgIpc) is 3.22. The van der Waals surface area contributed by atoms with Crippen molar-refractivity contribution < 1.29 is 14.4 Å². The van der Waals surface area contributed by atoms with E-state index >= 15 is 0 Å².